The molecule has 1 aliphatic rings. The van der Waals surface area contributed by atoms with Crippen molar-refractivity contribution in [1.29, 1.82) is 0 Å². The van der Waals surface area contributed by atoms with Crippen molar-refractivity contribution in [3.8, 4) is 0 Å². The van der Waals surface area contributed by atoms with Gasteiger partial charge in [-0.15, -0.1) is 0 Å². The number of halogens is 4. The van der Waals surface area contributed by atoms with Crippen LogP contribution in [0.25, 0.3) is 0 Å². The monoisotopic (exact) mass is 305 g/mol. The van der Waals surface area contributed by atoms with Crippen LogP contribution in [0.5, 0.6) is 0 Å². The van der Waals surface area contributed by atoms with Crippen molar-refractivity contribution in [2.45, 2.75) is 37.9 Å². The minimum Gasteiger partial charge on any atom is -0.313 e. The lowest BCUT2D eigenvalue weighted by atomic mass is 9.76. The molecular weight excluding hydrogens is 287 g/mol. The zero-order valence-electron chi connectivity index (χ0n) is 11.4. The number of rotatable bonds is 3. The Morgan fingerprint density at radius 1 is 1.20 bits per heavy atom. The van der Waals surface area contributed by atoms with Crippen LogP contribution in [-0.2, 0) is 0 Å². The fourth-order valence-corrected chi connectivity index (χ4v) is 3.35. The van der Waals surface area contributed by atoms with Crippen LogP contribution in [0, 0.1) is 11.8 Å². The summed E-state index contributed by atoms with van der Waals surface area (Å²) in [5, 5.41) is 3.89. The molecule has 0 bridgehead atoms. The lowest BCUT2D eigenvalue weighted by Crippen LogP contribution is -2.33. The van der Waals surface area contributed by atoms with Crippen molar-refractivity contribution in [2.75, 3.05) is 7.05 Å². The van der Waals surface area contributed by atoms with Gasteiger partial charge in [-0.05, 0) is 56.3 Å². The minimum atomic E-state index is -4.05. The van der Waals surface area contributed by atoms with Gasteiger partial charge < -0.3 is 5.32 Å². The van der Waals surface area contributed by atoms with Gasteiger partial charge in [0.15, 0.2) is 0 Å². The Bertz CT molecular complexity index is 439. The molecule has 1 atom stereocenters. The molecule has 1 nitrogen and oxygen atoms in total. The van der Waals surface area contributed by atoms with Crippen molar-refractivity contribution < 1.29 is 13.2 Å². The molecular formula is C15H19ClF3N. The number of nitrogens with one attached hydrogen (secondary N) is 1. The van der Waals surface area contributed by atoms with E-state index >= 15 is 0 Å². The first-order valence-corrected chi connectivity index (χ1v) is 7.29. The van der Waals surface area contributed by atoms with Crippen molar-refractivity contribution in [3.63, 3.8) is 0 Å². The van der Waals surface area contributed by atoms with Crippen LogP contribution in [0.15, 0.2) is 24.3 Å². The predicted molar refractivity (Wildman–Crippen MR) is 74.8 cm³/mol. The van der Waals surface area contributed by atoms with Crippen LogP contribution in [-0.4, -0.2) is 13.2 Å². The minimum absolute atomic E-state index is 0.0721. The van der Waals surface area contributed by atoms with Crippen LogP contribution in [0.3, 0.4) is 0 Å². The van der Waals surface area contributed by atoms with Crippen molar-refractivity contribution in [3.05, 3.63) is 34.9 Å². The second-order valence-corrected chi connectivity index (χ2v) is 5.91. The Kier molecular flexibility index (Phi) is 4.97. The highest BCUT2D eigenvalue weighted by molar-refractivity contribution is 6.30. The predicted octanol–water partition coefficient (Wildman–Crippen LogP) is 4.97. The van der Waals surface area contributed by atoms with E-state index in [2.05, 4.69) is 5.32 Å². The molecule has 1 aromatic rings. The van der Waals surface area contributed by atoms with Gasteiger partial charge in [-0.2, -0.15) is 13.2 Å². The first-order valence-electron chi connectivity index (χ1n) is 6.91. The molecule has 20 heavy (non-hydrogen) atoms. The summed E-state index contributed by atoms with van der Waals surface area (Å²) in [6.07, 6.45) is -2.39. The van der Waals surface area contributed by atoms with E-state index in [1.165, 1.54) is 0 Å². The van der Waals surface area contributed by atoms with Crippen LogP contribution >= 0.6 is 11.6 Å². The fourth-order valence-electron chi connectivity index (χ4n) is 3.15. The Hall–Kier alpha value is -0.740. The van der Waals surface area contributed by atoms with Crippen molar-refractivity contribution in [1.82, 2.24) is 5.32 Å². The maximum Gasteiger partial charge on any atom is 0.391 e. The molecule has 2 rings (SSSR count). The van der Waals surface area contributed by atoms with E-state index in [0.717, 1.165) is 5.56 Å². The summed E-state index contributed by atoms with van der Waals surface area (Å²) in [6.45, 7) is 0. The lowest BCUT2D eigenvalue weighted by Gasteiger charge is -2.34. The quantitative estimate of drug-likeness (QED) is 0.831. The number of hydrogen-bond acceptors (Lipinski definition) is 1. The van der Waals surface area contributed by atoms with Crippen LogP contribution < -0.4 is 5.32 Å². The molecule has 0 radical (unpaired) electrons. The van der Waals surface area contributed by atoms with Crippen molar-refractivity contribution in [2.24, 2.45) is 11.8 Å². The summed E-state index contributed by atoms with van der Waals surface area (Å²) < 4.78 is 38.1. The van der Waals surface area contributed by atoms with Crippen LogP contribution in [0.1, 0.15) is 37.3 Å². The normalized spacial score (nSPS) is 25.4. The Balaban J connectivity index is 2.04. The third-order valence-corrected chi connectivity index (χ3v) is 4.46. The van der Waals surface area contributed by atoms with E-state index in [0.29, 0.717) is 17.9 Å². The molecule has 1 fully saturated rings. The molecule has 1 N–H and O–H groups in total. The molecule has 1 aliphatic carbocycles. The highest BCUT2D eigenvalue weighted by atomic mass is 35.5. The topological polar surface area (TPSA) is 12.0 Å². The highest BCUT2D eigenvalue weighted by Crippen LogP contribution is 2.43. The van der Waals surface area contributed by atoms with Crippen LogP contribution in [0.4, 0.5) is 13.2 Å². The smallest absolute Gasteiger partial charge is 0.313 e. The summed E-state index contributed by atoms with van der Waals surface area (Å²) in [5.74, 6) is -0.896. The molecule has 5 heteroatoms. The van der Waals surface area contributed by atoms with E-state index in [1.54, 1.807) is 6.07 Å². The van der Waals surface area contributed by atoms with Crippen LogP contribution in [0.2, 0.25) is 5.02 Å². The summed E-state index contributed by atoms with van der Waals surface area (Å²) in [7, 11) is 1.85. The largest absolute Gasteiger partial charge is 0.391 e. The Morgan fingerprint density at radius 3 is 2.35 bits per heavy atom. The summed E-state index contributed by atoms with van der Waals surface area (Å²) in [6, 6.07) is 7.62. The summed E-state index contributed by atoms with van der Waals surface area (Å²) >= 11 is 5.99. The molecule has 1 aromatic carbocycles. The Labute approximate surface area is 122 Å². The molecule has 0 aromatic heterocycles. The Morgan fingerprint density at radius 2 is 1.85 bits per heavy atom. The first kappa shape index (κ1) is 15.6. The molecule has 0 amide bonds. The zero-order chi connectivity index (χ0) is 14.8. The van der Waals surface area contributed by atoms with E-state index in [1.807, 2.05) is 25.2 Å². The first-order chi connectivity index (χ1) is 9.41. The fraction of sp³-hybridized carbons (Fsp3) is 0.600. The van der Waals surface area contributed by atoms with Gasteiger partial charge in [0.1, 0.15) is 0 Å². The standard InChI is InChI=1S/C15H19ClF3N/c1-20-14(11-3-2-4-13(16)9-11)10-5-7-12(8-6-10)15(17,18)19/h2-4,9-10,12,14,20H,5-8H2,1H3. The van der Waals surface area contributed by atoms with Gasteiger partial charge >= 0.3 is 6.18 Å². The van der Waals surface area contributed by atoms with Gasteiger partial charge in [0, 0.05) is 11.1 Å². The molecule has 0 saturated heterocycles. The number of hydrogen-bond donors (Lipinski definition) is 1. The van der Waals surface area contributed by atoms with Gasteiger partial charge in [-0.3, -0.25) is 0 Å². The van der Waals surface area contributed by atoms with Gasteiger partial charge in [-0.1, -0.05) is 23.7 Å². The molecule has 1 unspecified atom stereocenters. The maximum absolute atomic E-state index is 12.7. The van der Waals surface area contributed by atoms with E-state index in [-0.39, 0.29) is 24.8 Å². The number of alkyl halides is 3. The molecule has 0 heterocycles. The van der Waals surface area contributed by atoms with Gasteiger partial charge in [0.25, 0.3) is 0 Å². The molecule has 0 aliphatic heterocycles. The lowest BCUT2D eigenvalue weighted by molar-refractivity contribution is -0.184. The molecule has 112 valence electrons. The van der Waals surface area contributed by atoms with E-state index in [9.17, 15) is 13.2 Å². The molecule has 0 spiro atoms. The van der Waals surface area contributed by atoms with E-state index in [4.69, 9.17) is 11.6 Å². The third kappa shape index (κ3) is 3.67. The molecule has 1 saturated carbocycles. The average molecular weight is 306 g/mol. The average Bonchev–Trinajstić information content (AvgIpc) is 2.39. The maximum atomic E-state index is 12.7. The number of benzene rings is 1. The van der Waals surface area contributed by atoms with Crippen molar-refractivity contribution >= 4 is 11.6 Å². The highest BCUT2D eigenvalue weighted by Gasteiger charge is 2.42. The third-order valence-electron chi connectivity index (χ3n) is 4.22. The summed E-state index contributed by atoms with van der Waals surface area (Å²) in [4.78, 5) is 0. The van der Waals surface area contributed by atoms with Gasteiger partial charge in [0.05, 0.1) is 5.92 Å². The zero-order valence-corrected chi connectivity index (χ0v) is 12.1. The summed E-state index contributed by atoms with van der Waals surface area (Å²) in [5.41, 5.74) is 1.05. The second kappa shape index (κ2) is 6.35. The SMILES string of the molecule is CNC(c1cccc(Cl)c1)C1CCC(C(F)(F)F)CC1. The second-order valence-electron chi connectivity index (χ2n) is 5.47. The van der Waals surface area contributed by atoms with Gasteiger partial charge in [0.2, 0.25) is 0 Å². The van der Waals surface area contributed by atoms with Gasteiger partial charge in [-0.25, -0.2) is 0 Å². The van der Waals surface area contributed by atoms with E-state index < -0.39 is 12.1 Å².